The molecule has 0 aliphatic heterocycles. The third kappa shape index (κ3) is 7.60. The Kier molecular flexibility index (Phi) is 10.5. The van der Waals surface area contributed by atoms with Gasteiger partial charge in [-0.1, -0.05) is 83.2 Å². The van der Waals surface area contributed by atoms with Crippen LogP contribution < -0.4 is 0 Å². The molecule has 0 atom stereocenters. The summed E-state index contributed by atoms with van der Waals surface area (Å²) >= 11 is 0. The summed E-state index contributed by atoms with van der Waals surface area (Å²) in [6.07, 6.45) is 5.55. The molecule has 49 heavy (non-hydrogen) atoms. The van der Waals surface area contributed by atoms with Crippen molar-refractivity contribution in [1.82, 2.24) is 15.0 Å². The summed E-state index contributed by atoms with van der Waals surface area (Å²) in [5, 5.41) is 2.06. The fraction of sp³-hybridized carbons (Fsp3) is 0.114. The SMILES string of the molecule is Cc1ccc(-c2cc(-c3[c-]ccc4c3oc3nc(CCc5ccccc5)ccc34)ncc2C)c(C)c1.[Ir].[c-]1ccccc1-c1ccccn1. The Morgan fingerprint density at radius 1 is 0.633 bits per heavy atom. The second-order valence-corrected chi connectivity index (χ2v) is 12.0. The predicted molar refractivity (Wildman–Crippen MR) is 196 cm³/mol. The number of nitrogens with zero attached hydrogens (tertiary/aromatic N) is 3. The van der Waals surface area contributed by atoms with E-state index in [-0.39, 0.29) is 20.1 Å². The quantitative estimate of drug-likeness (QED) is 0.157. The summed E-state index contributed by atoms with van der Waals surface area (Å²) in [6.45, 7) is 6.40. The van der Waals surface area contributed by atoms with Gasteiger partial charge in [-0.25, -0.2) is 4.98 Å². The van der Waals surface area contributed by atoms with Crippen molar-refractivity contribution in [2.24, 2.45) is 0 Å². The van der Waals surface area contributed by atoms with Crippen LogP contribution >= 0.6 is 0 Å². The van der Waals surface area contributed by atoms with Gasteiger partial charge in [0, 0.05) is 43.6 Å². The van der Waals surface area contributed by atoms with Crippen LogP contribution in [-0.2, 0) is 32.9 Å². The van der Waals surface area contributed by atoms with E-state index in [1.54, 1.807) is 6.20 Å². The zero-order chi connectivity index (χ0) is 32.9. The summed E-state index contributed by atoms with van der Waals surface area (Å²) in [7, 11) is 0. The fourth-order valence-corrected chi connectivity index (χ4v) is 6.05. The van der Waals surface area contributed by atoms with Gasteiger partial charge in [0.15, 0.2) is 0 Å². The van der Waals surface area contributed by atoms with Crippen LogP contribution in [0.15, 0.2) is 138 Å². The van der Waals surface area contributed by atoms with Gasteiger partial charge in [0.05, 0.1) is 5.58 Å². The zero-order valence-corrected chi connectivity index (χ0v) is 30.1. The molecule has 8 rings (SSSR count). The molecule has 243 valence electrons. The van der Waals surface area contributed by atoms with Crippen LogP contribution in [0, 0.1) is 32.9 Å². The molecule has 1 radical (unpaired) electrons. The molecule has 0 saturated carbocycles. The summed E-state index contributed by atoms with van der Waals surface area (Å²) in [6, 6.07) is 47.7. The number of fused-ring (bicyclic) bond motifs is 3. The van der Waals surface area contributed by atoms with E-state index in [2.05, 4.69) is 105 Å². The van der Waals surface area contributed by atoms with E-state index in [9.17, 15) is 0 Å². The third-order valence-electron chi connectivity index (χ3n) is 8.55. The first-order valence-electron chi connectivity index (χ1n) is 16.2. The zero-order valence-electron chi connectivity index (χ0n) is 27.7. The molecule has 5 heteroatoms. The Labute approximate surface area is 301 Å². The van der Waals surface area contributed by atoms with Crippen LogP contribution in [0.5, 0.6) is 0 Å². The van der Waals surface area contributed by atoms with Crippen LogP contribution in [0.1, 0.15) is 27.9 Å². The van der Waals surface area contributed by atoms with Gasteiger partial charge in [-0.2, -0.15) is 0 Å². The van der Waals surface area contributed by atoms with E-state index in [1.165, 1.54) is 27.8 Å². The normalized spacial score (nSPS) is 10.8. The number of aryl methyl sites for hydroxylation is 5. The van der Waals surface area contributed by atoms with Crippen molar-refractivity contribution in [2.45, 2.75) is 33.6 Å². The number of hydrogen-bond acceptors (Lipinski definition) is 4. The monoisotopic (exact) mass is 814 g/mol. The predicted octanol–water partition coefficient (Wildman–Crippen LogP) is 10.8. The van der Waals surface area contributed by atoms with E-state index in [0.717, 1.165) is 63.0 Å². The van der Waals surface area contributed by atoms with Gasteiger partial charge in [0.2, 0.25) is 5.71 Å². The molecular formula is C44H35IrN3O-2. The van der Waals surface area contributed by atoms with Gasteiger partial charge in [0.1, 0.15) is 0 Å². The second kappa shape index (κ2) is 15.3. The standard InChI is InChI=1S/C33H27N2O.C11H8N.Ir/c1-21-12-16-26(22(2)18-21)30-19-31(34-20-23(30)3)29-11-7-10-27-28-17-15-25(35-33(28)36-32(27)29)14-13-24-8-5-4-6-9-24;1-2-6-10(7-3-1)11-8-4-5-9-12-11;/h4-10,12,15-20H,13-14H2,1-3H3;1-6,8-9H;/q2*-1;. The largest absolute Gasteiger partial charge is 0.486 e. The molecule has 0 amide bonds. The Hall–Kier alpha value is -5.22. The van der Waals surface area contributed by atoms with E-state index in [0.29, 0.717) is 5.71 Å². The summed E-state index contributed by atoms with van der Waals surface area (Å²) < 4.78 is 6.36. The van der Waals surface area contributed by atoms with Gasteiger partial charge >= 0.3 is 0 Å². The maximum Gasteiger partial charge on any atom is 0.216 e. The first kappa shape index (κ1) is 33.7. The Bertz CT molecular complexity index is 2280. The van der Waals surface area contributed by atoms with Crippen molar-refractivity contribution in [3.63, 3.8) is 0 Å². The molecule has 0 saturated heterocycles. The molecule has 0 unspecified atom stereocenters. The first-order valence-corrected chi connectivity index (χ1v) is 16.2. The van der Waals surface area contributed by atoms with Crippen molar-refractivity contribution in [1.29, 1.82) is 0 Å². The van der Waals surface area contributed by atoms with Crippen molar-refractivity contribution in [3.05, 3.63) is 174 Å². The van der Waals surface area contributed by atoms with E-state index in [4.69, 9.17) is 14.4 Å². The number of aromatic nitrogens is 3. The molecule has 0 spiro atoms. The Morgan fingerprint density at radius 2 is 1.47 bits per heavy atom. The van der Waals surface area contributed by atoms with Crippen LogP contribution in [0.4, 0.5) is 0 Å². The average molecular weight is 814 g/mol. The maximum absolute atomic E-state index is 6.36. The van der Waals surface area contributed by atoms with Gasteiger partial charge in [-0.05, 0) is 91.0 Å². The number of pyridine rings is 3. The Morgan fingerprint density at radius 3 is 2.24 bits per heavy atom. The minimum atomic E-state index is 0. The van der Waals surface area contributed by atoms with Crippen molar-refractivity contribution < 1.29 is 24.5 Å². The van der Waals surface area contributed by atoms with Crippen LogP contribution in [0.3, 0.4) is 0 Å². The van der Waals surface area contributed by atoms with Gasteiger partial charge in [0.25, 0.3) is 0 Å². The molecule has 8 aromatic rings. The molecular weight excluding hydrogens is 779 g/mol. The van der Waals surface area contributed by atoms with E-state index < -0.39 is 0 Å². The second-order valence-electron chi connectivity index (χ2n) is 12.0. The number of hydrogen-bond donors (Lipinski definition) is 0. The van der Waals surface area contributed by atoms with Crippen LogP contribution in [0.2, 0.25) is 0 Å². The minimum absolute atomic E-state index is 0. The number of benzene rings is 4. The van der Waals surface area contributed by atoms with Gasteiger partial charge in [-0.15, -0.1) is 54.1 Å². The van der Waals surface area contributed by atoms with Crippen LogP contribution in [-0.4, -0.2) is 15.0 Å². The molecule has 0 fully saturated rings. The summed E-state index contributed by atoms with van der Waals surface area (Å²) in [4.78, 5) is 13.8. The topological polar surface area (TPSA) is 51.8 Å². The maximum atomic E-state index is 6.36. The molecule has 4 aromatic heterocycles. The molecule has 4 nitrogen and oxygen atoms in total. The third-order valence-corrected chi connectivity index (χ3v) is 8.55. The van der Waals surface area contributed by atoms with Crippen molar-refractivity contribution in [2.75, 3.05) is 0 Å². The first-order chi connectivity index (χ1) is 23.5. The number of furan rings is 1. The molecule has 0 bridgehead atoms. The van der Waals surface area contributed by atoms with E-state index in [1.807, 2.05) is 60.8 Å². The van der Waals surface area contributed by atoms with Crippen molar-refractivity contribution >= 4 is 22.1 Å². The van der Waals surface area contributed by atoms with Gasteiger partial charge < -0.3 is 14.4 Å². The number of rotatable bonds is 6. The minimum Gasteiger partial charge on any atom is -0.486 e. The molecule has 4 heterocycles. The molecule has 4 aromatic carbocycles. The molecule has 0 aliphatic carbocycles. The fourth-order valence-electron chi connectivity index (χ4n) is 6.05. The van der Waals surface area contributed by atoms with Gasteiger partial charge in [-0.3, -0.25) is 0 Å². The smallest absolute Gasteiger partial charge is 0.216 e. The summed E-state index contributed by atoms with van der Waals surface area (Å²) in [5.41, 5.74) is 13.6. The molecule has 0 N–H and O–H groups in total. The van der Waals surface area contributed by atoms with Crippen molar-refractivity contribution in [3.8, 4) is 33.6 Å². The summed E-state index contributed by atoms with van der Waals surface area (Å²) in [5.74, 6) is 0. The van der Waals surface area contributed by atoms with Crippen LogP contribution in [0.25, 0.3) is 55.7 Å². The molecule has 0 aliphatic rings. The van der Waals surface area contributed by atoms with E-state index >= 15 is 0 Å². The Balaban J connectivity index is 0.000000270. The average Bonchev–Trinajstić information content (AvgIpc) is 3.51.